The van der Waals surface area contributed by atoms with E-state index in [2.05, 4.69) is 5.32 Å². The Morgan fingerprint density at radius 3 is 2.80 bits per heavy atom. The Hall–Kier alpha value is -1.70. The number of esters is 1. The van der Waals surface area contributed by atoms with Crippen LogP contribution in [0.25, 0.3) is 0 Å². The molecule has 1 heterocycles. The first-order valence-corrected chi connectivity index (χ1v) is 6.66. The molecule has 1 aliphatic heterocycles. The number of rotatable bonds is 3. The number of hydrogen-bond donors (Lipinski definition) is 1. The minimum absolute atomic E-state index is 0.0937. The largest absolute Gasteiger partial charge is 0.442 e. The number of carbonyl (C=O) groups excluding carboxylic acids is 2. The number of fused-ring (bicyclic) bond motifs is 1. The minimum Gasteiger partial charge on any atom is -0.426 e. The molecule has 1 N–H and O–H groups in total. The van der Waals surface area contributed by atoms with E-state index in [1.165, 1.54) is 6.07 Å². The number of benzene rings is 1. The standard InChI is InChI=1S/C12H10F3NO3S/c13-12(14,15)20-6-11(18)19-8-2-3-9-7(5-8)1-4-10(17)16-9/h2-3,5H,1,4,6H2,(H,16,17). The Balaban J connectivity index is 1.97. The van der Waals surface area contributed by atoms with Gasteiger partial charge >= 0.3 is 11.5 Å². The molecule has 0 saturated heterocycles. The second kappa shape index (κ2) is 5.74. The van der Waals surface area contributed by atoms with Crippen molar-refractivity contribution in [3.8, 4) is 5.75 Å². The molecular formula is C12H10F3NO3S. The van der Waals surface area contributed by atoms with Crippen LogP contribution in [0.15, 0.2) is 18.2 Å². The molecule has 0 bridgehead atoms. The molecule has 0 saturated carbocycles. The molecule has 1 aromatic rings. The fraction of sp³-hybridized carbons (Fsp3) is 0.333. The zero-order valence-electron chi connectivity index (χ0n) is 10.1. The number of thioether (sulfide) groups is 1. The smallest absolute Gasteiger partial charge is 0.426 e. The van der Waals surface area contributed by atoms with Crippen molar-refractivity contribution >= 4 is 29.3 Å². The van der Waals surface area contributed by atoms with E-state index in [0.29, 0.717) is 18.5 Å². The van der Waals surface area contributed by atoms with Crippen molar-refractivity contribution < 1.29 is 27.5 Å². The topological polar surface area (TPSA) is 55.4 Å². The molecule has 0 radical (unpaired) electrons. The second-order valence-electron chi connectivity index (χ2n) is 4.08. The van der Waals surface area contributed by atoms with Crippen LogP contribution < -0.4 is 10.1 Å². The van der Waals surface area contributed by atoms with Crippen molar-refractivity contribution in [1.82, 2.24) is 0 Å². The normalized spacial score (nSPS) is 14.4. The molecule has 0 spiro atoms. The number of ether oxygens (including phenoxy) is 1. The van der Waals surface area contributed by atoms with Crippen LogP contribution >= 0.6 is 11.8 Å². The number of anilines is 1. The Morgan fingerprint density at radius 2 is 2.10 bits per heavy atom. The average Bonchev–Trinajstić information content (AvgIpc) is 2.36. The number of amides is 1. The van der Waals surface area contributed by atoms with Gasteiger partial charge in [0.1, 0.15) is 11.5 Å². The van der Waals surface area contributed by atoms with E-state index in [0.717, 1.165) is 5.56 Å². The van der Waals surface area contributed by atoms with E-state index >= 15 is 0 Å². The van der Waals surface area contributed by atoms with Crippen LogP contribution in [0.5, 0.6) is 5.75 Å². The third-order valence-corrected chi connectivity index (χ3v) is 3.26. The highest BCUT2D eigenvalue weighted by molar-refractivity contribution is 8.00. The predicted molar refractivity (Wildman–Crippen MR) is 67.5 cm³/mol. The number of hydrogen-bond acceptors (Lipinski definition) is 4. The maximum atomic E-state index is 11.9. The van der Waals surface area contributed by atoms with Gasteiger partial charge in [0.2, 0.25) is 5.91 Å². The quantitative estimate of drug-likeness (QED) is 0.689. The van der Waals surface area contributed by atoms with Crippen LogP contribution in [0.2, 0.25) is 0 Å². The zero-order chi connectivity index (χ0) is 14.8. The number of alkyl halides is 3. The summed E-state index contributed by atoms with van der Waals surface area (Å²) in [6.07, 6.45) is 0.832. The summed E-state index contributed by atoms with van der Waals surface area (Å²) >= 11 is -0.442. The highest BCUT2D eigenvalue weighted by Crippen LogP contribution is 2.31. The maximum absolute atomic E-state index is 11.9. The lowest BCUT2D eigenvalue weighted by molar-refractivity contribution is -0.131. The summed E-state index contributed by atoms with van der Waals surface area (Å²) < 4.78 is 40.6. The molecule has 1 amide bonds. The molecule has 20 heavy (non-hydrogen) atoms. The SMILES string of the molecule is O=C1CCc2cc(OC(=O)CSC(F)(F)F)ccc2N1. The molecule has 0 aliphatic carbocycles. The van der Waals surface area contributed by atoms with Gasteiger partial charge in [-0.15, -0.1) is 0 Å². The second-order valence-corrected chi connectivity index (χ2v) is 5.12. The van der Waals surface area contributed by atoms with Gasteiger partial charge in [-0.05, 0) is 41.9 Å². The van der Waals surface area contributed by atoms with Crippen LogP contribution in [-0.4, -0.2) is 23.1 Å². The van der Waals surface area contributed by atoms with Gasteiger partial charge in [0.15, 0.2) is 0 Å². The maximum Gasteiger partial charge on any atom is 0.442 e. The molecule has 108 valence electrons. The highest BCUT2D eigenvalue weighted by atomic mass is 32.2. The molecule has 2 rings (SSSR count). The molecular weight excluding hydrogens is 295 g/mol. The van der Waals surface area contributed by atoms with Crippen molar-refractivity contribution in [3.63, 3.8) is 0 Å². The first-order chi connectivity index (χ1) is 9.33. The average molecular weight is 305 g/mol. The fourth-order valence-corrected chi connectivity index (χ4v) is 2.07. The Labute approximate surface area is 116 Å². The number of nitrogens with one attached hydrogen (secondary N) is 1. The van der Waals surface area contributed by atoms with Gasteiger partial charge in [-0.25, -0.2) is 0 Å². The predicted octanol–water partition coefficient (Wildman–Crippen LogP) is 2.73. The van der Waals surface area contributed by atoms with Crippen LogP contribution in [0.4, 0.5) is 18.9 Å². The van der Waals surface area contributed by atoms with E-state index in [1.807, 2.05) is 0 Å². The lowest BCUT2D eigenvalue weighted by Gasteiger charge is -2.17. The van der Waals surface area contributed by atoms with E-state index in [4.69, 9.17) is 4.74 Å². The Morgan fingerprint density at radius 1 is 1.35 bits per heavy atom. The fourth-order valence-electron chi connectivity index (χ4n) is 1.72. The van der Waals surface area contributed by atoms with Crippen LogP contribution in [-0.2, 0) is 16.0 Å². The molecule has 0 fully saturated rings. The third kappa shape index (κ3) is 4.16. The van der Waals surface area contributed by atoms with Crippen molar-refractivity contribution in [3.05, 3.63) is 23.8 Å². The van der Waals surface area contributed by atoms with Gasteiger partial charge in [-0.2, -0.15) is 13.2 Å². The summed E-state index contributed by atoms with van der Waals surface area (Å²) in [6.45, 7) is 0. The minimum atomic E-state index is -4.46. The zero-order valence-corrected chi connectivity index (χ0v) is 10.9. The molecule has 1 aliphatic rings. The summed E-state index contributed by atoms with van der Waals surface area (Å²) in [6, 6.07) is 4.54. The first-order valence-electron chi connectivity index (χ1n) is 5.67. The summed E-state index contributed by atoms with van der Waals surface area (Å²) in [4.78, 5) is 22.4. The van der Waals surface area contributed by atoms with Gasteiger partial charge in [0.25, 0.3) is 0 Å². The Bertz CT molecular complexity index is 545. The lowest BCUT2D eigenvalue weighted by Crippen LogP contribution is -2.19. The van der Waals surface area contributed by atoms with Crippen molar-refractivity contribution in [2.75, 3.05) is 11.1 Å². The number of aryl methyl sites for hydroxylation is 1. The summed E-state index contributed by atoms with van der Waals surface area (Å²) in [5.41, 5.74) is -3.04. The van der Waals surface area contributed by atoms with Gasteiger partial charge < -0.3 is 10.1 Å². The van der Waals surface area contributed by atoms with E-state index in [9.17, 15) is 22.8 Å². The molecule has 0 unspecified atom stereocenters. The van der Waals surface area contributed by atoms with Gasteiger partial charge in [-0.1, -0.05) is 0 Å². The highest BCUT2D eigenvalue weighted by Gasteiger charge is 2.29. The number of carbonyl (C=O) groups is 2. The molecule has 0 atom stereocenters. The van der Waals surface area contributed by atoms with Gasteiger partial charge in [-0.3, -0.25) is 9.59 Å². The van der Waals surface area contributed by atoms with Crippen molar-refractivity contribution in [2.24, 2.45) is 0 Å². The number of halogens is 3. The van der Waals surface area contributed by atoms with Crippen LogP contribution in [0.1, 0.15) is 12.0 Å². The van der Waals surface area contributed by atoms with E-state index in [-0.39, 0.29) is 11.7 Å². The van der Waals surface area contributed by atoms with E-state index in [1.54, 1.807) is 12.1 Å². The van der Waals surface area contributed by atoms with Crippen molar-refractivity contribution in [1.29, 1.82) is 0 Å². The molecule has 1 aromatic carbocycles. The van der Waals surface area contributed by atoms with Crippen molar-refractivity contribution in [2.45, 2.75) is 18.3 Å². The summed E-state index contributed by atoms with van der Waals surface area (Å²) in [5, 5.41) is 2.65. The van der Waals surface area contributed by atoms with Crippen LogP contribution in [0, 0.1) is 0 Å². The summed E-state index contributed by atoms with van der Waals surface area (Å²) in [5.74, 6) is -1.68. The third-order valence-electron chi connectivity index (χ3n) is 2.56. The monoisotopic (exact) mass is 305 g/mol. The summed E-state index contributed by atoms with van der Waals surface area (Å²) in [7, 11) is 0. The molecule has 8 heteroatoms. The van der Waals surface area contributed by atoms with Gasteiger partial charge in [0, 0.05) is 12.1 Å². The lowest BCUT2D eigenvalue weighted by atomic mass is 10.0. The van der Waals surface area contributed by atoms with Crippen LogP contribution in [0.3, 0.4) is 0 Å². The van der Waals surface area contributed by atoms with Gasteiger partial charge in [0.05, 0.1) is 0 Å². The van der Waals surface area contributed by atoms with E-state index < -0.39 is 29.0 Å². The Kier molecular flexibility index (Phi) is 4.22. The molecule has 4 nitrogen and oxygen atoms in total. The first kappa shape index (κ1) is 14.7. The molecule has 0 aromatic heterocycles.